The second-order valence-electron chi connectivity index (χ2n) is 6.12. The molecule has 0 amide bonds. The molecule has 0 saturated heterocycles. The number of hydrogen-bond acceptors (Lipinski definition) is 6. The number of aryl methyl sites for hydroxylation is 1. The zero-order valence-electron chi connectivity index (χ0n) is 14.7. The van der Waals surface area contributed by atoms with Gasteiger partial charge in [-0.15, -0.1) is 12.4 Å². The number of hydrogen-bond donors (Lipinski definition) is 1. The number of anilines is 2. The zero-order chi connectivity index (χ0) is 17.6. The van der Waals surface area contributed by atoms with Gasteiger partial charge >= 0.3 is 0 Å². The molecular formula is C18H19ClN6S. The van der Waals surface area contributed by atoms with E-state index in [4.69, 9.17) is 10.7 Å². The Kier molecular flexibility index (Phi) is 4.84. The van der Waals surface area contributed by atoms with Crippen molar-refractivity contribution in [2.24, 2.45) is 7.05 Å². The minimum absolute atomic E-state index is 0. The van der Waals surface area contributed by atoms with Gasteiger partial charge < -0.3 is 10.6 Å². The largest absolute Gasteiger partial charge is 0.389 e. The van der Waals surface area contributed by atoms with Crippen LogP contribution in [0.3, 0.4) is 0 Å². The second-order valence-corrected chi connectivity index (χ2v) is 6.93. The fourth-order valence-corrected chi connectivity index (χ4v) is 3.53. The first-order valence-electron chi connectivity index (χ1n) is 7.86. The van der Waals surface area contributed by atoms with E-state index in [0.29, 0.717) is 5.00 Å². The predicted octanol–water partition coefficient (Wildman–Crippen LogP) is 3.83. The van der Waals surface area contributed by atoms with E-state index >= 15 is 0 Å². The van der Waals surface area contributed by atoms with Gasteiger partial charge in [-0.25, -0.2) is 4.98 Å². The van der Waals surface area contributed by atoms with Gasteiger partial charge in [0.2, 0.25) is 0 Å². The molecule has 0 saturated carbocycles. The van der Waals surface area contributed by atoms with E-state index < -0.39 is 0 Å². The lowest BCUT2D eigenvalue weighted by molar-refractivity contribution is 0.780. The van der Waals surface area contributed by atoms with Crippen LogP contribution in [-0.4, -0.2) is 33.2 Å². The number of fused-ring (bicyclic) bond motifs is 1. The molecule has 2 N–H and O–H groups in total. The molecule has 0 spiro atoms. The van der Waals surface area contributed by atoms with Crippen LogP contribution in [0.2, 0.25) is 0 Å². The lowest BCUT2D eigenvalue weighted by atomic mass is 10.0. The van der Waals surface area contributed by atoms with Crippen molar-refractivity contribution >= 4 is 45.7 Å². The molecule has 3 aromatic heterocycles. The van der Waals surface area contributed by atoms with Crippen molar-refractivity contribution in [3.63, 3.8) is 0 Å². The van der Waals surface area contributed by atoms with E-state index in [1.807, 2.05) is 67.3 Å². The Morgan fingerprint density at radius 1 is 1.15 bits per heavy atom. The average Bonchev–Trinajstić information content (AvgIpc) is 3.15. The third kappa shape index (κ3) is 3.11. The maximum atomic E-state index is 6.24. The second kappa shape index (κ2) is 6.93. The average molecular weight is 387 g/mol. The summed E-state index contributed by atoms with van der Waals surface area (Å²) >= 11 is 1.30. The highest BCUT2D eigenvalue weighted by Crippen LogP contribution is 2.39. The summed E-state index contributed by atoms with van der Waals surface area (Å²) in [5.41, 5.74) is 10.8. The third-order valence-corrected chi connectivity index (χ3v) is 4.73. The number of nitrogen functional groups attached to an aromatic ring is 1. The normalized spacial score (nSPS) is 10.7. The molecule has 8 heteroatoms. The molecule has 0 aliphatic rings. The standard InChI is InChI=1S/C18H18N6S.ClH/c1-23(2)15-6-4-5-14(20-15)16-17(22-25-18(16)19)11-7-8-13-12(9-11)10-24(3)21-13;/h4-10H,19H2,1-3H3;1H. The van der Waals surface area contributed by atoms with E-state index in [-0.39, 0.29) is 12.4 Å². The summed E-state index contributed by atoms with van der Waals surface area (Å²) in [6.45, 7) is 0. The van der Waals surface area contributed by atoms with Gasteiger partial charge in [0.1, 0.15) is 10.8 Å². The molecule has 26 heavy (non-hydrogen) atoms. The van der Waals surface area contributed by atoms with Crippen molar-refractivity contribution in [3.05, 3.63) is 42.6 Å². The van der Waals surface area contributed by atoms with Crippen molar-refractivity contribution in [2.75, 3.05) is 24.7 Å². The number of nitrogens with two attached hydrogens (primary N) is 1. The molecule has 1 aromatic carbocycles. The summed E-state index contributed by atoms with van der Waals surface area (Å²) < 4.78 is 6.40. The van der Waals surface area contributed by atoms with Gasteiger partial charge in [-0.2, -0.15) is 9.47 Å². The van der Waals surface area contributed by atoms with Crippen LogP contribution in [0.5, 0.6) is 0 Å². The third-order valence-electron chi connectivity index (χ3n) is 4.06. The number of rotatable bonds is 3. The van der Waals surface area contributed by atoms with E-state index in [1.165, 1.54) is 11.5 Å². The summed E-state index contributed by atoms with van der Waals surface area (Å²) in [6, 6.07) is 12.1. The fraction of sp³-hybridized carbons (Fsp3) is 0.167. The summed E-state index contributed by atoms with van der Waals surface area (Å²) in [7, 11) is 5.86. The van der Waals surface area contributed by atoms with E-state index in [9.17, 15) is 0 Å². The number of halogens is 1. The molecule has 0 aliphatic heterocycles. The molecule has 0 fully saturated rings. The molecule has 6 nitrogen and oxygen atoms in total. The monoisotopic (exact) mass is 386 g/mol. The lowest BCUT2D eigenvalue weighted by Gasteiger charge is -2.12. The quantitative estimate of drug-likeness (QED) is 0.579. The van der Waals surface area contributed by atoms with Crippen molar-refractivity contribution in [1.29, 1.82) is 0 Å². The van der Waals surface area contributed by atoms with Crippen molar-refractivity contribution < 1.29 is 0 Å². The van der Waals surface area contributed by atoms with Crippen molar-refractivity contribution in [3.8, 4) is 22.5 Å². The number of pyridine rings is 1. The van der Waals surface area contributed by atoms with Gasteiger partial charge in [0.05, 0.1) is 22.5 Å². The Balaban J connectivity index is 0.00000196. The molecule has 0 unspecified atom stereocenters. The van der Waals surface area contributed by atoms with Crippen LogP contribution in [-0.2, 0) is 7.05 Å². The molecule has 3 heterocycles. The van der Waals surface area contributed by atoms with Gasteiger partial charge in [-0.1, -0.05) is 12.1 Å². The number of nitrogens with zero attached hydrogens (tertiary/aromatic N) is 5. The fourth-order valence-electron chi connectivity index (χ4n) is 2.86. The van der Waals surface area contributed by atoms with Gasteiger partial charge in [0.25, 0.3) is 0 Å². The summed E-state index contributed by atoms with van der Waals surface area (Å²) in [5.74, 6) is 0.886. The van der Waals surface area contributed by atoms with Crippen LogP contribution < -0.4 is 10.6 Å². The summed E-state index contributed by atoms with van der Waals surface area (Å²) in [5, 5.41) is 6.17. The smallest absolute Gasteiger partial charge is 0.128 e. The van der Waals surface area contributed by atoms with Crippen LogP contribution in [0.25, 0.3) is 33.4 Å². The summed E-state index contributed by atoms with van der Waals surface area (Å²) in [6.07, 6.45) is 2.00. The molecule has 0 atom stereocenters. The minimum Gasteiger partial charge on any atom is -0.389 e. The highest BCUT2D eigenvalue weighted by atomic mass is 35.5. The van der Waals surface area contributed by atoms with E-state index in [1.54, 1.807) is 0 Å². The molecular weight excluding hydrogens is 368 g/mol. The Hall–Kier alpha value is -2.64. The highest BCUT2D eigenvalue weighted by Gasteiger charge is 2.18. The number of benzene rings is 1. The van der Waals surface area contributed by atoms with E-state index in [2.05, 4.69) is 15.5 Å². The number of aromatic nitrogens is 4. The van der Waals surface area contributed by atoms with Crippen LogP contribution in [0.15, 0.2) is 42.6 Å². The Morgan fingerprint density at radius 2 is 1.96 bits per heavy atom. The predicted molar refractivity (Wildman–Crippen MR) is 111 cm³/mol. The van der Waals surface area contributed by atoms with Gasteiger partial charge in [0.15, 0.2) is 0 Å². The van der Waals surface area contributed by atoms with Crippen molar-refractivity contribution in [1.82, 2.24) is 19.1 Å². The van der Waals surface area contributed by atoms with E-state index in [0.717, 1.165) is 39.2 Å². The molecule has 4 rings (SSSR count). The van der Waals surface area contributed by atoms with Crippen LogP contribution in [0.4, 0.5) is 10.8 Å². The van der Waals surface area contributed by atoms with Crippen LogP contribution >= 0.6 is 23.9 Å². The molecule has 0 radical (unpaired) electrons. The first-order valence-corrected chi connectivity index (χ1v) is 8.64. The first-order chi connectivity index (χ1) is 12.0. The zero-order valence-corrected chi connectivity index (χ0v) is 16.3. The molecule has 134 valence electrons. The van der Waals surface area contributed by atoms with Gasteiger partial charge in [-0.3, -0.25) is 4.68 Å². The summed E-state index contributed by atoms with van der Waals surface area (Å²) in [4.78, 5) is 6.70. The SMILES string of the molecule is CN(C)c1cccc(-c2c(-c3ccc4nn(C)cc4c3)nsc2N)n1.Cl. The van der Waals surface area contributed by atoms with Gasteiger partial charge in [0, 0.05) is 38.3 Å². The highest BCUT2D eigenvalue weighted by molar-refractivity contribution is 7.11. The Labute approximate surface area is 161 Å². The maximum absolute atomic E-state index is 6.24. The minimum atomic E-state index is 0. The van der Waals surface area contributed by atoms with Crippen molar-refractivity contribution in [2.45, 2.75) is 0 Å². The molecule has 4 aromatic rings. The maximum Gasteiger partial charge on any atom is 0.128 e. The van der Waals surface area contributed by atoms with Crippen LogP contribution in [0.1, 0.15) is 0 Å². The Bertz CT molecular complexity index is 1070. The molecule has 0 aliphatic carbocycles. The van der Waals surface area contributed by atoms with Gasteiger partial charge in [-0.05, 0) is 35.8 Å². The van der Waals surface area contributed by atoms with Crippen LogP contribution in [0, 0.1) is 0 Å². The topological polar surface area (TPSA) is 72.9 Å². The lowest BCUT2D eigenvalue weighted by Crippen LogP contribution is -2.10. The molecule has 0 bridgehead atoms. The first kappa shape index (κ1) is 18.2. The Morgan fingerprint density at radius 3 is 2.73 bits per heavy atom.